The minimum absolute atomic E-state index is 2.81. The van der Waals surface area contributed by atoms with Crippen molar-refractivity contribution in [1.82, 2.24) is 0 Å². The van der Waals surface area contributed by atoms with Crippen LogP contribution in [0.15, 0.2) is 0 Å². The van der Waals surface area contributed by atoms with Gasteiger partial charge in [-0.3, -0.25) is 0 Å². The summed E-state index contributed by atoms with van der Waals surface area (Å²) < 4.78 is 29.6. The van der Waals surface area contributed by atoms with Gasteiger partial charge in [-0.15, -0.1) is 0 Å². The second-order valence-electron chi connectivity index (χ2n) is 0.502. The second kappa shape index (κ2) is 2.02. The van der Waals surface area contributed by atoms with Gasteiger partial charge in [-0.1, -0.05) is 0 Å². The molecule has 0 spiro atoms. The van der Waals surface area contributed by atoms with Crippen molar-refractivity contribution in [3.8, 4) is 0 Å². The van der Waals surface area contributed by atoms with Crippen molar-refractivity contribution in [2.24, 2.45) is 0 Å². The zero-order chi connectivity index (χ0) is 5.21. The fourth-order valence-electron chi connectivity index (χ4n) is 0. The molecule has 38 valence electrons. The van der Waals surface area contributed by atoms with Gasteiger partial charge in [-0.25, -0.2) is 0 Å². The first kappa shape index (κ1) is 6.56. The van der Waals surface area contributed by atoms with Crippen molar-refractivity contribution in [2.75, 3.05) is 0 Å². The van der Waals surface area contributed by atoms with Crippen LogP contribution in [0.1, 0.15) is 0 Å². The molecule has 0 aliphatic heterocycles. The van der Waals surface area contributed by atoms with Crippen LogP contribution < -0.4 is 0 Å². The monoisotopic (exact) mass is 196 g/mol. The van der Waals surface area contributed by atoms with Gasteiger partial charge in [0.25, 0.3) is 0 Å². The third-order valence-electron chi connectivity index (χ3n) is 0.0942. The van der Waals surface area contributed by atoms with Crippen LogP contribution in [-0.2, 0) is 26.4 Å². The first-order valence-corrected chi connectivity index (χ1v) is 4.59. The SMILES string of the molecule is [O]=[Mo](=[O])([OH])[O]S. The second-order valence-corrected chi connectivity index (χ2v) is 3.85. The van der Waals surface area contributed by atoms with E-state index in [-0.39, 0.29) is 0 Å². The van der Waals surface area contributed by atoms with Crippen molar-refractivity contribution in [1.29, 1.82) is 0 Å². The molecule has 4 nitrogen and oxygen atoms in total. The average molecular weight is 194 g/mol. The molecular weight excluding hydrogens is 192 g/mol. The summed E-state index contributed by atoms with van der Waals surface area (Å²) in [6.45, 7) is 0. The van der Waals surface area contributed by atoms with Crippen molar-refractivity contribution < 1.29 is 30.1 Å². The summed E-state index contributed by atoms with van der Waals surface area (Å²) >= 11 is -2.39. The molecular formula is H2MoO4S. The molecule has 0 amide bonds. The van der Waals surface area contributed by atoms with E-state index < -0.39 is 16.7 Å². The van der Waals surface area contributed by atoms with Crippen molar-refractivity contribution in [2.45, 2.75) is 0 Å². The molecule has 0 aliphatic carbocycles. The molecule has 0 unspecified atom stereocenters. The summed E-state index contributed by atoms with van der Waals surface area (Å²) in [6, 6.07) is 0. The fraction of sp³-hybridized carbons (Fsp3) is 0. The van der Waals surface area contributed by atoms with Crippen LogP contribution in [-0.4, -0.2) is 3.76 Å². The first-order chi connectivity index (χ1) is 2.56. The van der Waals surface area contributed by atoms with Crippen LogP contribution in [0.4, 0.5) is 0 Å². The molecule has 0 aliphatic rings. The van der Waals surface area contributed by atoms with Gasteiger partial charge in [0.05, 0.1) is 0 Å². The van der Waals surface area contributed by atoms with Gasteiger partial charge in [0.1, 0.15) is 0 Å². The predicted molar refractivity (Wildman–Crippen MR) is 13.7 cm³/mol. The van der Waals surface area contributed by atoms with E-state index in [1.165, 1.54) is 0 Å². The summed E-state index contributed by atoms with van der Waals surface area (Å²) in [7, 11) is 0. The first-order valence-electron chi connectivity index (χ1n) is 0.865. The van der Waals surface area contributed by atoms with Gasteiger partial charge in [-0.2, -0.15) is 0 Å². The number of thiol groups is 1. The van der Waals surface area contributed by atoms with E-state index in [2.05, 4.69) is 15.7 Å². The Labute approximate surface area is 43.5 Å². The molecule has 0 saturated heterocycles. The number of rotatable bonds is 1. The Morgan fingerprint density at radius 3 is 1.83 bits per heavy atom. The summed E-state index contributed by atoms with van der Waals surface area (Å²) in [5.74, 6) is 0. The molecule has 6 heteroatoms. The molecule has 0 heterocycles. The van der Waals surface area contributed by atoms with Crippen LogP contribution in [0, 0.1) is 0 Å². The molecule has 0 radical (unpaired) electrons. The number of hydrogen-bond acceptors (Lipinski definition) is 4. The molecule has 0 rings (SSSR count). The third-order valence-corrected chi connectivity index (χ3v) is 1.67. The van der Waals surface area contributed by atoms with E-state index in [1.807, 2.05) is 0 Å². The number of hydrogen-bond donors (Lipinski definition) is 2. The topological polar surface area (TPSA) is 63.6 Å². The Morgan fingerprint density at radius 1 is 1.67 bits per heavy atom. The molecule has 0 saturated carbocycles. The molecule has 0 aromatic heterocycles. The fourth-order valence-corrected chi connectivity index (χ4v) is 0. The summed E-state index contributed by atoms with van der Waals surface area (Å²) in [4.78, 5) is 0. The van der Waals surface area contributed by atoms with E-state index in [4.69, 9.17) is 3.76 Å². The third kappa shape index (κ3) is 4.56. The van der Waals surface area contributed by atoms with E-state index in [0.717, 1.165) is 0 Å². The van der Waals surface area contributed by atoms with Gasteiger partial charge in [0, 0.05) is 0 Å². The Bertz CT molecular complexity index is 110. The summed E-state index contributed by atoms with van der Waals surface area (Å²) in [5.41, 5.74) is 0. The molecule has 0 bridgehead atoms. The van der Waals surface area contributed by atoms with E-state index in [0.29, 0.717) is 0 Å². The zero-order valence-corrected chi connectivity index (χ0v) is 5.43. The molecule has 6 heavy (non-hydrogen) atoms. The Kier molecular flexibility index (Phi) is 2.21. The van der Waals surface area contributed by atoms with Crippen LogP contribution in [0.3, 0.4) is 0 Å². The van der Waals surface area contributed by atoms with Crippen LogP contribution >= 0.6 is 12.9 Å². The predicted octanol–water partition coefficient (Wildman–Crippen LogP) is -0.485. The minimum atomic E-state index is -5.20. The van der Waals surface area contributed by atoms with Crippen LogP contribution in [0.5, 0.6) is 0 Å². The standard InChI is InChI=1S/Mo.H2OS.H2O.2O/c;1-2;;;/h;1-2H;1H2;;/q+2;;;;/p-2. The van der Waals surface area contributed by atoms with E-state index in [9.17, 15) is 6.80 Å². The maximum absolute atomic E-state index is 9.36. The van der Waals surface area contributed by atoms with Gasteiger partial charge >= 0.3 is 43.0 Å². The zero-order valence-electron chi connectivity index (χ0n) is 2.53. The maximum atomic E-state index is 9.36. The molecule has 0 aromatic rings. The Balaban J connectivity index is 3.85. The Morgan fingerprint density at radius 2 is 1.83 bits per heavy atom. The molecule has 0 atom stereocenters. The molecule has 1 N–H and O–H groups in total. The molecule has 0 fully saturated rings. The van der Waals surface area contributed by atoms with Gasteiger partial charge in [0.15, 0.2) is 0 Å². The van der Waals surface area contributed by atoms with Gasteiger partial charge < -0.3 is 0 Å². The summed E-state index contributed by atoms with van der Waals surface area (Å²) in [6.07, 6.45) is 0. The normalized spacial score (nSPS) is 11.7. The summed E-state index contributed by atoms with van der Waals surface area (Å²) in [5, 5.41) is 0. The van der Waals surface area contributed by atoms with Crippen LogP contribution in [0.2, 0.25) is 0 Å². The quantitative estimate of drug-likeness (QED) is 0.336. The van der Waals surface area contributed by atoms with E-state index in [1.54, 1.807) is 0 Å². The van der Waals surface area contributed by atoms with Gasteiger partial charge in [0.2, 0.25) is 0 Å². The van der Waals surface area contributed by atoms with Crippen LogP contribution in [0.25, 0.3) is 0 Å². The Hall–Kier alpha value is 0.558. The van der Waals surface area contributed by atoms with Gasteiger partial charge in [-0.05, 0) is 0 Å². The average Bonchev–Trinajstić information content (AvgIpc) is 1.35. The van der Waals surface area contributed by atoms with Crippen molar-refractivity contribution in [3.05, 3.63) is 0 Å². The van der Waals surface area contributed by atoms with Crippen molar-refractivity contribution >= 4 is 12.9 Å². The van der Waals surface area contributed by atoms with Crippen molar-refractivity contribution in [3.63, 3.8) is 0 Å². The molecule has 0 aromatic carbocycles. The van der Waals surface area contributed by atoms with E-state index >= 15 is 0 Å².